The van der Waals surface area contributed by atoms with Gasteiger partial charge >= 0.3 is 0 Å². The van der Waals surface area contributed by atoms with Crippen LogP contribution in [0.4, 0.5) is 0 Å². The lowest BCUT2D eigenvalue weighted by Crippen LogP contribution is -2.63. The zero-order valence-corrected chi connectivity index (χ0v) is 23.5. The third kappa shape index (κ3) is 4.14. The van der Waals surface area contributed by atoms with Gasteiger partial charge in [0.1, 0.15) is 0 Å². The van der Waals surface area contributed by atoms with Crippen molar-refractivity contribution in [1.82, 2.24) is 0 Å². The number of fused-ring (bicyclic) bond motifs is 4. The molecule has 38 heavy (non-hydrogen) atoms. The Bertz CT molecular complexity index is 908. The minimum atomic E-state index is -0.693. The van der Waals surface area contributed by atoms with Gasteiger partial charge in [-0.25, -0.2) is 0 Å². The summed E-state index contributed by atoms with van der Waals surface area (Å²) in [5, 5.41) is 10.6. The van der Waals surface area contributed by atoms with Gasteiger partial charge < -0.3 is 44.0 Å². The Hall–Kier alpha value is -0.360. The highest BCUT2D eigenvalue weighted by Gasteiger charge is 2.64. The van der Waals surface area contributed by atoms with E-state index in [1.54, 1.807) is 0 Å². The van der Waals surface area contributed by atoms with Crippen LogP contribution in [0.15, 0.2) is 0 Å². The molecule has 0 aromatic rings. The molecule has 0 aliphatic carbocycles. The van der Waals surface area contributed by atoms with Crippen molar-refractivity contribution in [1.29, 1.82) is 0 Å². The van der Waals surface area contributed by atoms with Gasteiger partial charge in [0, 0.05) is 45.1 Å². The molecule has 7 heterocycles. The topological polar surface area (TPSA) is 111 Å². The molecule has 9 heteroatoms. The lowest BCUT2D eigenvalue weighted by molar-refractivity contribution is -0.370. The van der Waals surface area contributed by atoms with E-state index in [9.17, 15) is 5.11 Å². The maximum atomic E-state index is 10.6. The summed E-state index contributed by atoms with van der Waals surface area (Å²) in [6.45, 7) is 11.5. The maximum Gasteiger partial charge on any atom is 0.174 e. The van der Waals surface area contributed by atoms with Gasteiger partial charge in [0.2, 0.25) is 0 Å². The fourth-order valence-corrected chi connectivity index (χ4v) is 8.94. The second kappa shape index (κ2) is 9.33. The van der Waals surface area contributed by atoms with E-state index in [0.717, 1.165) is 25.7 Å². The van der Waals surface area contributed by atoms with E-state index in [1.165, 1.54) is 0 Å². The van der Waals surface area contributed by atoms with Crippen LogP contribution in [-0.2, 0) is 33.2 Å². The molecular weight excluding hydrogens is 490 g/mol. The van der Waals surface area contributed by atoms with E-state index < -0.39 is 17.7 Å². The zero-order valence-electron chi connectivity index (χ0n) is 23.5. The van der Waals surface area contributed by atoms with Crippen molar-refractivity contribution in [2.45, 2.75) is 152 Å². The highest BCUT2D eigenvalue weighted by atomic mass is 16.8. The Morgan fingerprint density at radius 3 is 2.05 bits per heavy atom. The maximum absolute atomic E-state index is 10.6. The molecular formula is C29H47NO8. The molecule has 7 saturated heterocycles. The number of nitrogens with two attached hydrogens (primary N) is 1. The van der Waals surface area contributed by atoms with E-state index in [2.05, 4.69) is 34.6 Å². The summed E-state index contributed by atoms with van der Waals surface area (Å²) in [4.78, 5) is 0. The Morgan fingerprint density at radius 2 is 1.29 bits per heavy atom. The smallest absolute Gasteiger partial charge is 0.174 e. The second-order valence-corrected chi connectivity index (χ2v) is 13.8. The number of hydrogen-bond donors (Lipinski definition) is 2. The number of hydrogen-bond acceptors (Lipinski definition) is 9. The Labute approximate surface area is 226 Å². The van der Waals surface area contributed by atoms with Crippen molar-refractivity contribution in [3.8, 4) is 0 Å². The van der Waals surface area contributed by atoms with Gasteiger partial charge in [0.05, 0.1) is 67.1 Å². The predicted octanol–water partition coefficient (Wildman–Crippen LogP) is 2.50. The zero-order chi connectivity index (χ0) is 26.6. The number of aliphatic hydroxyl groups is 1. The predicted molar refractivity (Wildman–Crippen MR) is 136 cm³/mol. The van der Waals surface area contributed by atoms with Crippen LogP contribution in [0.5, 0.6) is 0 Å². The first-order valence-electron chi connectivity index (χ1n) is 15.1. The Balaban J connectivity index is 1.05. The van der Waals surface area contributed by atoms with Crippen molar-refractivity contribution in [3.05, 3.63) is 0 Å². The second-order valence-electron chi connectivity index (χ2n) is 13.8. The van der Waals surface area contributed by atoms with Crippen LogP contribution in [0.3, 0.4) is 0 Å². The van der Waals surface area contributed by atoms with E-state index in [0.29, 0.717) is 31.2 Å². The Morgan fingerprint density at radius 1 is 0.632 bits per heavy atom. The van der Waals surface area contributed by atoms with Crippen molar-refractivity contribution < 1.29 is 38.3 Å². The van der Waals surface area contributed by atoms with Gasteiger partial charge in [-0.2, -0.15) is 0 Å². The molecule has 7 aliphatic rings. The van der Waals surface area contributed by atoms with E-state index >= 15 is 0 Å². The molecule has 0 radical (unpaired) electrons. The third-order valence-corrected chi connectivity index (χ3v) is 11.1. The van der Waals surface area contributed by atoms with Crippen LogP contribution in [0.1, 0.15) is 73.1 Å². The third-order valence-electron chi connectivity index (χ3n) is 11.1. The van der Waals surface area contributed by atoms with E-state index in [4.69, 9.17) is 38.9 Å². The first-order valence-corrected chi connectivity index (χ1v) is 15.1. The van der Waals surface area contributed by atoms with Crippen LogP contribution in [0.2, 0.25) is 0 Å². The van der Waals surface area contributed by atoms with Crippen LogP contribution in [0.25, 0.3) is 0 Å². The molecule has 7 rings (SSSR count). The molecule has 216 valence electrons. The largest absolute Gasteiger partial charge is 0.390 e. The van der Waals surface area contributed by atoms with Crippen LogP contribution >= 0.6 is 0 Å². The molecule has 0 aromatic heterocycles. The molecule has 17 atom stereocenters. The molecule has 7 aliphatic heterocycles. The number of ether oxygens (including phenoxy) is 7. The lowest BCUT2D eigenvalue weighted by atomic mass is 9.78. The SMILES string of the molecule is C[C@@H]1[C@@H](C)[C@H](C)O[C@H]2C[C@H]3O[C@@]4(C[C@@H]5O[C@]6(C[C@H](C)[C@@H]7O[C@H](CN)[C@H](O)C[C@@H]7O6)C[C@H](C)[C@@H]5O4)C[C@H]3O[C@@H]12. The quantitative estimate of drug-likeness (QED) is 0.521. The summed E-state index contributed by atoms with van der Waals surface area (Å²) >= 11 is 0. The normalized spacial score (nSPS) is 61.8. The fourth-order valence-electron chi connectivity index (χ4n) is 8.94. The minimum absolute atomic E-state index is 0.0171. The summed E-state index contributed by atoms with van der Waals surface area (Å²) in [5.74, 6) is 0.0378. The standard InChI is InChI=1S/C29H47NO8/c1-13-8-28(36-21-6-18(31)24(12-30)34-25(13)21)9-14(2)26-23(37-28)11-29(38-26)10-22-19(35-29)7-20-27(33-22)16(4)15(3)17(5)32-20/h13-27,31H,6-12,30H2,1-5H3/t13-,14-,15+,16+,17-,18+,19+,20-,21-,22+,23-,24+,25-,26-,27-,28+,29-/m0/s1. The molecule has 0 bridgehead atoms. The summed E-state index contributed by atoms with van der Waals surface area (Å²) in [6.07, 6.45) is 3.35. The summed E-state index contributed by atoms with van der Waals surface area (Å²) in [7, 11) is 0. The highest BCUT2D eigenvalue weighted by Crippen LogP contribution is 2.55. The molecule has 3 N–H and O–H groups in total. The molecule has 2 spiro atoms. The molecule has 9 nitrogen and oxygen atoms in total. The molecule has 0 saturated carbocycles. The average Bonchev–Trinajstić information content (AvgIpc) is 3.39. The molecule has 0 amide bonds. The summed E-state index contributed by atoms with van der Waals surface area (Å²) in [5.41, 5.74) is 5.84. The van der Waals surface area contributed by atoms with Gasteiger partial charge in [-0.05, 0) is 30.6 Å². The van der Waals surface area contributed by atoms with Crippen LogP contribution in [0, 0.1) is 23.7 Å². The first-order chi connectivity index (χ1) is 18.1. The van der Waals surface area contributed by atoms with Gasteiger partial charge in [0.25, 0.3) is 0 Å². The van der Waals surface area contributed by atoms with Gasteiger partial charge in [-0.1, -0.05) is 27.7 Å². The monoisotopic (exact) mass is 537 g/mol. The fraction of sp³-hybridized carbons (Fsp3) is 1.00. The Kier molecular flexibility index (Phi) is 6.51. The van der Waals surface area contributed by atoms with Crippen LogP contribution < -0.4 is 5.73 Å². The summed E-state index contributed by atoms with van der Waals surface area (Å²) in [6, 6.07) is 0. The van der Waals surface area contributed by atoms with Crippen molar-refractivity contribution >= 4 is 0 Å². The average molecular weight is 538 g/mol. The van der Waals surface area contributed by atoms with E-state index in [-0.39, 0.29) is 72.9 Å². The number of rotatable bonds is 1. The first kappa shape index (κ1) is 26.5. The molecule has 0 unspecified atom stereocenters. The highest BCUT2D eigenvalue weighted by molar-refractivity contribution is 5.07. The minimum Gasteiger partial charge on any atom is -0.390 e. The van der Waals surface area contributed by atoms with Gasteiger partial charge in [0.15, 0.2) is 11.6 Å². The molecule has 7 fully saturated rings. The number of aliphatic hydroxyl groups excluding tert-OH is 1. The van der Waals surface area contributed by atoms with Crippen LogP contribution in [-0.4, -0.2) is 90.4 Å². The van der Waals surface area contributed by atoms with Gasteiger partial charge in [-0.15, -0.1) is 0 Å². The van der Waals surface area contributed by atoms with Crippen molar-refractivity contribution in [3.63, 3.8) is 0 Å². The van der Waals surface area contributed by atoms with Gasteiger partial charge in [-0.3, -0.25) is 0 Å². The lowest BCUT2D eigenvalue weighted by Gasteiger charge is -2.54. The summed E-state index contributed by atoms with van der Waals surface area (Å²) < 4.78 is 46.2. The van der Waals surface area contributed by atoms with Crippen molar-refractivity contribution in [2.24, 2.45) is 29.4 Å². The van der Waals surface area contributed by atoms with E-state index in [1.807, 2.05) is 0 Å². The molecule has 0 aromatic carbocycles. The van der Waals surface area contributed by atoms with Crippen molar-refractivity contribution in [2.75, 3.05) is 6.54 Å².